The van der Waals surface area contributed by atoms with Crippen molar-refractivity contribution in [2.24, 2.45) is 0 Å². The van der Waals surface area contributed by atoms with Crippen molar-refractivity contribution in [3.63, 3.8) is 0 Å². The van der Waals surface area contributed by atoms with E-state index < -0.39 is 0 Å². The van der Waals surface area contributed by atoms with Gasteiger partial charge >= 0.3 is 0 Å². The number of para-hydroxylation sites is 4. The highest BCUT2D eigenvalue weighted by Gasteiger charge is 2.21. The lowest BCUT2D eigenvalue weighted by atomic mass is 9.85. The zero-order chi connectivity index (χ0) is 47.6. The zero-order valence-electron chi connectivity index (χ0n) is 40.2. The second kappa shape index (κ2) is 17.3. The molecule has 0 spiro atoms. The normalized spacial score (nSPS) is 11.7. The molecule has 0 amide bonds. The third-order valence-electron chi connectivity index (χ3n) is 14.7. The van der Waals surface area contributed by atoms with Crippen LogP contribution in [0.3, 0.4) is 0 Å². The molecule has 340 valence electrons. The van der Waals surface area contributed by atoms with Crippen molar-refractivity contribution in [3.8, 4) is 22.3 Å². The van der Waals surface area contributed by atoms with E-state index in [2.05, 4.69) is 276 Å². The summed E-state index contributed by atoms with van der Waals surface area (Å²) in [6, 6.07) is 87.3. The molecule has 0 aliphatic carbocycles. The highest BCUT2D eigenvalue weighted by atomic mass is 15.1. The van der Waals surface area contributed by atoms with Crippen molar-refractivity contribution in [3.05, 3.63) is 242 Å². The first kappa shape index (κ1) is 42.3. The Morgan fingerprint density at radius 2 is 0.634 bits per heavy atom. The summed E-state index contributed by atoms with van der Waals surface area (Å²) >= 11 is 0. The Labute approximate surface area is 414 Å². The molecule has 0 unspecified atom stereocenters. The highest BCUT2D eigenvalue weighted by Crippen LogP contribution is 2.47. The largest absolute Gasteiger partial charge is 0.341 e. The van der Waals surface area contributed by atoms with E-state index in [0.29, 0.717) is 0 Å². The molecule has 0 N–H and O–H groups in total. The molecule has 0 bridgehead atoms. The highest BCUT2D eigenvalue weighted by molar-refractivity contribution is 6.22. The number of hydrogen-bond acceptors (Lipinski definition) is 2. The van der Waals surface area contributed by atoms with Crippen LogP contribution in [0.2, 0.25) is 0 Å². The molecule has 0 aliphatic heterocycles. The van der Waals surface area contributed by atoms with Gasteiger partial charge in [-0.05, 0) is 162 Å². The summed E-state index contributed by atoms with van der Waals surface area (Å²) in [7, 11) is 0. The average molecular weight is 913 g/mol. The molecule has 71 heavy (non-hydrogen) atoms. The van der Waals surface area contributed by atoms with Crippen LogP contribution in [0.1, 0.15) is 19.4 Å². The molecule has 11 aromatic carbocycles. The molecule has 0 radical (unpaired) electrons. The molecule has 0 atom stereocenters. The average Bonchev–Trinajstić information content (AvgIpc) is 3.93. The van der Waals surface area contributed by atoms with Crippen molar-refractivity contribution >= 4 is 99.3 Å². The van der Waals surface area contributed by atoms with Crippen molar-refractivity contribution in [1.82, 2.24) is 9.13 Å². The molecule has 2 heterocycles. The van der Waals surface area contributed by atoms with Gasteiger partial charge in [-0.2, -0.15) is 0 Å². The number of aryl methyl sites for hydroxylation is 3. The van der Waals surface area contributed by atoms with Crippen LogP contribution in [0.4, 0.5) is 34.1 Å². The van der Waals surface area contributed by atoms with E-state index in [1.165, 1.54) is 93.0 Å². The van der Waals surface area contributed by atoms with Gasteiger partial charge < -0.3 is 18.9 Å². The van der Waals surface area contributed by atoms with Crippen molar-refractivity contribution in [1.29, 1.82) is 0 Å². The molecule has 4 heteroatoms. The standard InChI is InChI=1S/C67H52N4/c1-4-68-62-26-16-14-22-54(62)59-43-52(37-40-64(59)68)70(48-18-8-6-9-19-48)50-33-29-46(30-34-50)66-56-24-12-13-25-57(56)67(61-42-45(3)28-39-58(61)66)47-31-35-51(36-32-47)71(49-20-10-7-11-21-49)53-38-41-65-60(44-53)55-23-15-17-27-63(55)69(65)5-2/h6-44H,4-5H2,1-3H3. The number of hydrogen-bond donors (Lipinski definition) is 0. The summed E-state index contributed by atoms with van der Waals surface area (Å²) in [5.74, 6) is 0. The van der Waals surface area contributed by atoms with Gasteiger partial charge in [-0.25, -0.2) is 0 Å². The second-order valence-corrected chi connectivity index (χ2v) is 18.7. The molecule has 0 aliphatic rings. The first-order valence-electron chi connectivity index (χ1n) is 24.9. The molecule has 4 nitrogen and oxygen atoms in total. The van der Waals surface area contributed by atoms with Crippen LogP contribution in [-0.2, 0) is 13.1 Å². The van der Waals surface area contributed by atoms with Crippen LogP contribution in [0.15, 0.2) is 237 Å². The molecular formula is C67H52N4. The van der Waals surface area contributed by atoms with Crippen molar-refractivity contribution < 1.29 is 0 Å². The van der Waals surface area contributed by atoms with Gasteiger partial charge in [0.1, 0.15) is 0 Å². The van der Waals surface area contributed by atoms with Gasteiger partial charge in [-0.15, -0.1) is 0 Å². The van der Waals surface area contributed by atoms with Gasteiger partial charge in [0, 0.05) is 90.8 Å². The summed E-state index contributed by atoms with van der Waals surface area (Å²) < 4.78 is 4.84. The maximum Gasteiger partial charge on any atom is 0.0492 e. The van der Waals surface area contributed by atoms with Gasteiger partial charge in [0.2, 0.25) is 0 Å². The third-order valence-corrected chi connectivity index (χ3v) is 14.7. The summed E-state index contributed by atoms with van der Waals surface area (Å²) in [6.45, 7) is 8.50. The number of rotatable bonds is 10. The summed E-state index contributed by atoms with van der Waals surface area (Å²) in [5.41, 5.74) is 17.9. The lowest BCUT2D eigenvalue weighted by Gasteiger charge is -2.26. The molecule has 0 saturated carbocycles. The van der Waals surface area contributed by atoms with Crippen molar-refractivity contribution in [2.75, 3.05) is 9.80 Å². The predicted octanol–water partition coefficient (Wildman–Crippen LogP) is 18.8. The minimum atomic E-state index is 0.918. The van der Waals surface area contributed by atoms with Crippen LogP contribution in [0, 0.1) is 6.92 Å². The van der Waals surface area contributed by atoms with E-state index in [4.69, 9.17) is 0 Å². The Morgan fingerprint density at radius 1 is 0.282 bits per heavy atom. The quantitative estimate of drug-likeness (QED) is 0.127. The van der Waals surface area contributed by atoms with E-state index in [1.807, 2.05) is 0 Å². The van der Waals surface area contributed by atoms with Gasteiger partial charge in [0.25, 0.3) is 0 Å². The fourth-order valence-corrected chi connectivity index (χ4v) is 11.6. The Kier molecular flexibility index (Phi) is 10.3. The summed E-state index contributed by atoms with van der Waals surface area (Å²) in [6.07, 6.45) is 0. The predicted molar refractivity (Wildman–Crippen MR) is 304 cm³/mol. The molecule has 0 fully saturated rings. The fraction of sp³-hybridized carbons (Fsp3) is 0.0746. The minimum absolute atomic E-state index is 0.918. The SMILES string of the molecule is CCn1c2ccccc2c2cc(N(c3ccccc3)c3ccc(-c4c5ccccc5c(-c5ccc(N(c6ccccc6)c6ccc7c(c6)c6ccccc6n7CC)cc5)c5cc(C)ccc45)cc3)ccc21. The van der Waals surface area contributed by atoms with E-state index in [-0.39, 0.29) is 0 Å². The number of nitrogens with zero attached hydrogens (tertiary/aromatic N) is 4. The van der Waals surface area contributed by atoms with E-state index in [0.717, 1.165) is 47.2 Å². The smallest absolute Gasteiger partial charge is 0.0492 e. The lowest BCUT2D eigenvalue weighted by Crippen LogP contribution is -2.09. The maximum absolute atomic E-state index is 2.42. The monoisotopic (exact) mass is 912 g/mol. The van der Waals surface area contributed by atoms with Gasteiger partial charge in [0.05, 0.1) is 0 Å². The first-order chi connectivity index (χ1) is 35.1. The minimum Gasteiger partial charge on any atom is -0.341 e. The molecule has 13 aromatic rings. The van der Waals surface area contributed by atoms with Crippen LogP contribution >= 0.6 is 0 Å². The Balaban J connectivity index is 0.921. The topological polar surface area (TPSA) is 16.3 Å². The second-order valence-electron chi connectivity index (χ2n) is 18.7. The number of fused-ring (bicyclic) bond motifs is 8. The molecule has 2 aromatic heterocycles. The number of benzene rings is 11. The summed E-state index contributed by atoms with van der Waals surface area (Å²) in [4.78, 5) is 4.77. The maximum atomic E-state index is 2.42. The van der Waals surface area contributed by atoms with Gasteiger partial charge in [-0.3, -0.25) is 0 Å². The third kappa shape index (κ3) is 6.97. The van der Waals surface area contributed by atoms with Crippen molar-refractivity contribution in [2.45, 2.75) is 33.9 Å². The lowest BCUT2D eigenvalue weighted by molar-refractivity contribution is 0.827. The molecule has 13 rings (SSSR count). The number of anilines is 6. The first-order valence-corrected chi connectivity index (χ1v) is 24.9. The van der Waals surface area contributed by atoms with E-state index in [1.54, 1.807) is 0 Å². The molecule has 0 saturated heterocycles. The van der Waals surface area contributed by atoms with Gasteiger partial charge in [0.15, 0.2) is 0 Å². The number of aromatic nitrogens is 2. The van der Waals surface area contributed by atoms with Crippen LogP contribution in [-0.4, -0.2) is 9.13 Å². The fourth-order valence-electron chi connectivity index (χ4n) is 11.6. The van der Waals surface area contributed by atoms with Crippen LogP contribution in [0.5, 0.6) is 0 Å². The van der Waals surface area contributed by atoms with E-state index in [9.17, 15) is 0 Å². The Morgan fingerprint density at radius 3 is 1.08 bits per heavy atom. The Bertz CT molecular complexity index is 4130. The Hall–Kier alpha value is -8.86. The van der Waals surface area contributed by atoms with Crippen LogP contribution in [0.25, 0.3) is 87.4 Å². The van der Waals surface area contributed by atoms with Gasteiger partial charge in [-0.1, -0.05) is 145 Å². The molecular weight excluding hydrogens is 861 g/mol. The van der Waals surface area contributed by atoms with E-state index >= 15 is 0 Å². The summed E-state index contributed by atoms with van der Waals surface area (Å²) in [5, 5.41) is 10.1. The van der Waals surface area contributed by atoms with Crippen LogP contribution < -0.4 is 9.80 Å². The zero-order valence-corrected chi connectivity index (χ0v) is 40.2.